The second-order valence-electron chi connectivity index (χ2n) is 7.35. The Bertz CT molecular complexity index is 967. The van der Waals surface area contributed by atoms with Gasteiger partial charge in [-0.3, -0.25) is 4.79 Å². The first-order valence-corrected chi connectivity index (χ1v) is 9.83. The highest BCUT2D eigenvalue weighted by atomic mass is 16.5. The minimum Gasteiger partial charge on any atom is -0.355 e. The van der Waals surface area contributed by atoms with Crippen molar-refractivity contribution in [2.45, 2.75) is 39.7 Å². The zero-order chi connectivity index (χ0) is 19.5. The van der Waals surface area contributed by atoms with Crippen LogP contribution in [0.3, 0.4) is 0 Å². The third-order valence-electron chi connectivity index (χ3n) is 5.34. The molecule has 0 radical (unpaired) electrons. The molecule has 0 spiro atoms. The topological polar surface area (TPSA) is 84.2 Å². The second kappa shape index (κ2) is 7.96. The number of nitrogens with one attached hydrogen (secondary N) is 1. The molecule has 1 saturated heterocycles. The van der Waals surface area contributed by atoms with Gasteiger partial charge in [0, 0.05) is 19.6 Å². The van der Waals surface area contributed by atoms with Crippen LogP contribution in [-0.4, -0.2) is 34.1 Å². The Morgan fingerprint density at radius 2 is 2.11 bits per heavy atom. The fraction of sp³-hybridized carbons (Fsp3) is 0.429. The predicted molar refractivity (Wildman–Crippen MR) is 107 cm³/mol. The van der Waals surface area contributed by atoms with Gasteiger partial charge in [-0.25, -0.2) is 4.98 Å². The van der Waals surface area contributed by atoms with Crippen LogP contribution in [0.15, 0.2) is 35.1 Å². The number of fused-ring (bicyclic) bond motifs is 1. The van der Waals surface area contributed by atoms with E-state index < -0.39 is 0 Å². The summed E-state index contributed by atoms with van der Waals surface area (Å²) in [5.74, 6) is 0.852. The maximum Gasteiger partial charge on any atom is 0.263 e. The first-order chi connectivity index (χ1) is 13.7. The summed E-state index contributed by atoms with van der Waals surface area (Å²) in [4.78, 5) is 23.6. The molecule has 3 aromatic rings. The van der Waals surface area contributed by atoms with Crippen LogP contribution in [0, 0.1) is 12.8 Å². The normalized spacial score (nSPS) is 17.1. The van der Waals surface area contributed by atoms with Crippen LogP contribution in [0.25, 0.3) is 11.1 Å². The SMILES string of the molecule is CCc1noc2ncnc(N3CCCC(C(=O)NCc4ccc(C)cc4)C3)c12. The maximum absolute atomic E-state index is 12.8. The average Bonchev–Trinajstić information content (AvgIpc) is 3.16. The van der Waals surface area contributed by atoms with Gasteiger partial charge in [-0.1, -0.05) is 41.9 Å². The Balaban J connectivity index is 1.46. The van der Waals surface area contributed by atoms with Crippen molar-refractivity contribution in [3.63, 3.8) is 0 Å². The van der Waals surface area contributed by atoms with Gasteiger partial charge in [0.1, 0.15) is 17.5 Å². The molecule has 0 aliphatic carbocycles. The lowest BCUT2D eigenvalue weighted by atomic mass is 9.96. The summed E-state index contributed by atoms with van der Waals surface area (Å²) in [6, 6.07) is 8.24. The maximum atomic E-state index is 12.8. The summed E-state index contributed by atoms with van der Waals surface area (Å²) < 4.78 is 5.33. The molecule has 1 aromatic carbocycles. The third-order valence-corrected chi connectivity index (χ3v) is 5.34. The molecular formula is C21H25N5O2. The highest BCUT2D eigenvalue weighted by molar-refractivity contribution is 5.88. The largest absolute Gasteiger partial charge is 0.355 e. The molecule has 7 heteroatoms. The monoisotopic (exact) mass is 379 g/mol. The van der Waals surface area contributed by atoms with E-state index in [2.05, 4.69) is 56.5 Å². The van der Waals surface area contributed by atoms with E-state index in [1.165, 1.54) is 11.9 Å². The minimum absolute atomic E-state index is 0.0610. The van der Waals surface area contributed by atoms with Crippen LogP contribution in [0.5, 0.6) is 0 Å². The predicted octanol–water partition coefficient (Wildman–Crippen LogP) is 3.02. The van der Waals surface area contributed by atoms with Gasteiger partial charge < -0.3 is 14.7 Å². The van der Waals surface area contributed by atoms with Gasteiger partial charge in [0.25, 0.3) is 5.71 Å². The van der Waals surface area contributed by atoms with Crippen molar-refractivity contribution in [2.75, 3.05) is 18.0 Å². The van der Waals surface area contributed by atoms with Gasteiger partial charge in [0.2, 0.25) is 5.91 Å². The number of hydrogen-bond acceptors (Lipinski definition) is 6. The lowest BCUT2D eigenvalue weighted by molar-refractivity contribution is -0.125. The molecule has 1 amide bonds. The molecule has 1 atom stereocenters. The molecular weight excluding hydrogens is 354 g/mol. The van der Waals surface area contributed by atoms with E-state index in [4.69, 9.17) is 4.52 Å². The van der Waals surface area contributed by atoms with Crippen molar-refractivity contribution < 1.29 is 9.32 Å². The molecule has 1 unspecified atom stereocenters. The zero-order valence-corrected chi connectivity index (χ0v) is 16.3. The van der Waals surface area contributed by atoms with Crippen LogP contribution in [0.4, 0.5) is 5.82 Å². The van der Waals surface area contributed by atoms with Crippen LogP contribution < -0.4 is 10.2 Å². The summed E-state index contributed by atoms with van der Waals surface area (Å²) >= 11 is 0. The number of benzene rings is 1. The molecule has 1 aliphatic heterocycles. The van der Waals surface area contributed by atoms with Gasteiger partial charge in [0.15, 0.2) is 0 Å². The smallest absolute Gasteiger partial charge is 0.263 e. The molecule has 7 nitrogen and oxygen atoms in total. The molecule has 146 valence electrons. The Kier molecular flexibility index (Phi) is 5.23. The zero-order valence-electron chi connectivity index (χ0n) is 16.3. The summed E-state index contributed by atoms with van der Waals surface area (Å²) in [5, 5.41) is 8.06. The number of anilines is 1. The Hall–Kier alpha value is -2.96. The summed E-state index contributed by atoms with van der Waals surface area (Å²) in [5.41, 5.74) is 3.69. The summed E-state index contributed by atoms with van der Waals surface area (Å²) in [6.07, 6.45) is 4.08. The number of amides is 1. The molecule has 28 heavy (non-hydrogen) atoms. The molecule has 1 fully saturated rings. The van der Waals surface area contributed by atoms with Gasteiger partial charge in [-0.05, 0) is 31.7 Å². The van der Waals surface area contributed by atoms with Gasteiger partial charge >= 0.3 is 0 Å². The molecule has 1 aliphatic rings. The molecule has 3 heterocycles. The molecule has 1 N–H and O–H groups in total. The standard InChI is InChI=1S/C21H25N5O2/c1-3-17-18-19(23-13-24-21(18)28-25-17)26-10-4-5-16(12-26)20(27)22-11-15-8-6-14(2)7-9-15/h6-9,13,16H,3-5,10-12H2,1-2H3,(H,22,27). The number of carbonyl (C=O) groups is 1. The molecule has 2 aromatic heterocycles. The Morgan fingerprint density at radius 3 is 2.89 bits per heavy atom. The first-order valence-electron chi connectivity index (χ1n) is 9.83. The number of piperidine rings is 1. The third kappa shape index (κ3) is 3.69. The van der Waals surface area contributed by atoms with Gasteiger partial charge in [0.05, 0.1) is 11.6 Å². The number of hydrogen-bond donors (Lipinski definition) is 1. The second-order valence-corrected chi connectivity index (χ2v) is 7.35. The Morgan fingerprint density at radius 1 is 1.29 bits per heavy atom. The van der Waals surface area contributed by atoms with Crippen molar-refractivity contribution in [3.8, 4) is 0 Å². The lowest BCUT2D eigenvalue weighted by Crippen LogP contribution is -2.43. The highest BCUT2D eigenvalue weighted by Gasteiger charge is 2.28. The van der Waals surface area contributed by atoms with Gasteiger partial charge in [-0.15, -0.1) is 0 Å². The Labute approximate surface area is 164 Å². The fourth-order valence-corrected chi connectivity index (χ4v) is 3.73. The van der Waals surface area contributed by atoms with Crippen LogP contribution >= 0.6 is 0 Å². The minimum atomic E-state index is -0.0610. The summed E-state index contributed by atoms with van der Waals surface area (Å²) in [6.45, 7) is 6.15. The summed E-state index contributed by atoms with van der Waals surface area (Å²) in [7, 11) is 0. The van der Waals surface area contributed by atoms with E-state index in [-0.39, 0.29) is 11.8 Å². The van der Waals surface area contributed by atoms with Gasteiger partial charge in [-0.2, -0.15) is 4.98 Å². The van der Waals surface area contributed by atoms with E-state index in [1.54, 1.807) is 0 Å². The van der Waals surface area contributed by atoms with Crippen LogP contribution in [-0.2, 0) is 17.8 Å². The van der Waals surface area contributed by atoms with Crippen molar-refractivity contribution in [2.24, 2.45) is 5.92 Å². The van der Waals surface area contributed by atoms with Crippen molar-refractivity contribution in [1.29, 1.82) is 0 Å². The molecule has 4 rings (SSSR count). The van der Waals surface area contributed by atoms with Crippen LogP contribution in [0.1, 0.15) is 36.6 Å². The van der Waals surface area contributed by atoms with E-state index in [9.17, 15) is 4.79 Å². The quantitative estimate of drug-likeness (QED) is 0.734. The number of rotatable bonds is 5. The average molecular weight is 379 g/mol. The fourth-order valence-electron chi connectivity index (χ4n) is 3.73. The number of aromatic nitrogens is 3. The van der Waals surface area contributed by atoms with E-state index in [0.29, 0.717) is 18.8 Å². The van der Waals surface area contributed by atoms with Crippen molar-refractivity contribution in [1.82, 2.24) is 20.4 Å². The van der Waals surface area contributed by atoms with E-state index in [1.807, 2.05) is 6.92 Å². The highest BCUT2D eigenvalue weighted by Crippen LogP contribution is 2.30. The molecule has 0 saturated carbocycles. The van der Waals surface area contributed by atoms with Crippen LogP contribution in [0.2, 0.25) is 0 Å². The van der Waals surface area contributed by atoms with Crippen molar-refractivity contribution >= 4 is 22.8 Å². The first kappa shape index (κ1) is 18.4. The van der Waals surface area contributed by atoms with E-state index in [0.717, 1.165) is 48.3 Å². The number of aryl methyl sites for hydroxylation is 2. The van der Waals surface area contributed by atoms with Crippen molar-refractivity contribution in [3.05, 3.63) is 47.4 Å². The number of carbonyl (C=O) groups excluding carboxylic acids is 1. The molecule has 0 bridgehead atoms. The van der Waals surface area contributed by atoms with E-state index >= 15 is 0 Å². The lowest BCUT2D eigenvalue weighted by Gasteiger charge is -2.33. The number of nitrogens with zero attached hydrogens (tertiary/aromatic N) is 4.